The number of aromatic nitrogens is 1. The van der Waals surface area contributed by atoms with E-state index in [0.717, 1.165) is 17.8 Å². The van der Waals surface area contributed by atoms with E-state index in [1.165, 1.54) is 18.2 Å². The summed E-state index contributed by atoms with van der Waals surface area (Å²) in [5.41, 5.74) is 1.24. The minimum atomic E-state index is -3.74. The van der Waals surface area contributed by atoms with E-state index in [4.69, 9.17) is 4.18 Å². The van der Waals surface area contributed by atoms with Crippen molar-refractivity contribution in [3.8, 4) is 0 Å². The van der Waals surface area contributed by atoms with Gasteiger partial charge in [-0.1, -0.05) is 12.1 Å². The fraction of sp³-hybridized carbons (Fsp3) is 0.250. The van der Waals surface area contributed by atoms with Crippen LogP contribution in [0.4, 0.5) is 10.7 Å². The first-order valence-electron chi connectivity index (χ1n) is 7.86. The topological polar surface area (TPSA) is 149 Å². The molecule has 0 aliphatic carbocycles. The molecule has 0 saturated heterocycles. The number of carbonyl (C=O) groups is 1. The lowest BCUT2D eigenvalue weighted by Crippen LogP contribution is -2.23. The van der Waals surface area contributed by atoms with Gasteiger partial charge in [-0.25, -0.2) is 4.79 Å². The van der Waals surface area contributed by atoms with Crippen LogP contribution in [0.25, 0.3) is 0 Å². The summed E-state index contributed by atoms with van der Waals surface area (Å²) >= 11 is 1.03. The molecule has 0 amide bonds. The third kappa shape index (κ3) is 3.88. The summed E-state index contributed by atoms with van der Waals surface area (Å²) in [5.74, 6) is -2.07. The van der Waals surface area contributed by atoms with Crippen LogP contribution in [0, 0.1) is 10.1 Å². The molecule has 28 heavy (non-hydrogen) atoms. The first kappa shape index (κ1) is 19.9. The highest BCUT2D eigenvalue weighted by atomic mass is 32.2. The first-order valence-corrected chi connectivity index (χ1v) is 10.5. The number of nitrogens with zero attached hydrogens (tertiary/aromatic N) is 2. The van der Waals surface area contributed by atoms with Crippen molar-refractivity contribution in [2.75, 3.05) is 11.6 Å². The molecular formula is C16H15N3O7S2. The molecule has 12 heteroatoms. The highest BCUT2D eigenvalue weighted by Crippen LogP contribution is 2.46. The number of carboxylic acids is 1. The van der Waals surface area contributed by atoms with Crippen LogP contribution in [0.3, 0.4) is 0 Å². The SMILES string of the molecule is CC1=C(C(=O)O)C(c2cccc([N+](=O)[O-])c2)c2c(COS(C)(=O)=O)nsc2N1. The molecule has 0 radical (unpaired) electrons. The van der Waals surface area contributed by atoms with Gasteiger partial charge in [0.25, 0.3) is 15.8 Å². The number of anilines is 1. The van der Waals surface area contributed by atoms with E-state index in [9.17, 15) is 28.4 Å². The maximum Gasteiger partial charge on any atom is 0.334 e. The fourth-order valence-electron chi connectivity index (χ4n) is 3.02. The molecule has 3 rings (SSSR count). The van der Waals surface area contributed by atoms with Gasteiger partial charge in [-0.2, -0.15) is 12.8 Å². The van der Waals surface area contributed by atoms with Crippen molar-refractivity contribution in [2.24, 2.45) is 0 Å². The lowest BCUT2D eigenvalue weighted by molar-refractivity contribution is -0.384. The second-order valence-corrected chi connectivity index (χ2v) is 8.51. The van der Waals surface area contributed by atoms with Gasteiger partial charge in [0.2, 0.25) is 0 Å². The van der Waals surface area contributed by atoms with Crippen LogP contribution in [0.2, 0.25) is 0 Å². The summed E-state index contributed by atoms with van der Waals surface area (Å²) in [7, 11) is -3.74. The van der Waals surface area contributed by atoms with E-state index in [1.807, 2.05) is 0 Å². The zero-order chi connectivity index (χ0) is 20.6. The van der Waals surface area contributed by atoms with Crippen molar-refractivity contribution in [3.63, 3.8) is 0 Å². The molecule has 2 N–H and O–H groups in total. The molecule has 1 atom stereocenters. The van der Waals surface area contributed by atoms with E-state index in [1.54, 1.807) is 13.0 Å². The third-order valence-corrected chi connectivity index (χ3v) is 5.50. The number of non-ortho nitro benzene ring substituents is 1. The Morgan fingerprint density at radius 1 is 1.46 bits per heavy atom. The minimum absolute atomic E-state index is 0.00574. The number of nitrogens with one attached hydrogen (secondary N) is 1. The van der Waals surface area contributed by atoms with Crippen LogP contribution >= 0.6 is 11.5 Å². The van der Waals surface area contributed by atoms with Crippen LogP contribution < -0.4 is 5.32 Å². The lowest BCUT2D eigenvalue weighted by atomic mass is 9.81. The van der Waals surface area contributed by atoms with Crippen LogP contribution in [-0.4, -0.2) is 35.0 Å². The van der Waals surface area contributed by atoms with Gasteiger partial charge in [-0.05, 0) is 24.0 Å². The Labute approximate surface area is 163 Å². The molecule has 0 bridgehead atoms. The van der Waals surface area contributed by atoms with E-state index in [0.29, 0.717) is 21.8 Å². The van der Waals surface area contributed by atoms with Crippen LogP contribution in [0.15, 0.2) is 35.5 Å². The predicted molar refractivity (Wildman–Crippen MR) is 101 cm³/mol. The Balaban J connectivity index is 2.18. The summed E-state index contributed by atoms with van der Waals surface area (Å²) in [6.45, 7) is 1.22. The standard InChI is InChI=1S/C16H15N3O7S2/c1-8-12(16(20)21)13(9-4-3-5-10(6-9)19(22)23)14-11(7-26-28(2,24)25)18-27-15(14)17-8/h3-6,13,17H,7H2,1-2H3,(H,20,21). The van der Waals surface area contributed by atoms with E-state index in [-0.39, 0.29) is 23.6 Å². The van der Waals surface area contributed by atoms with Gasteiger partial charge in [0.05, 0.1) is 22.4 Å². The monoisotopic (exact) mass is 425 g/mol. The molecule has 0 spiro atoms. The first-order chi connectivity index (χ1) is 13.1. The van der Waals surface area contributed by atoms with Crippen molar-refractivity contribution < 1.29 is 27.4 Å². The summed E-state index contributed by atoms with van der Waals surface area (Å²) in [5, 5.41) is 24.4. The Hall–Kier alpha value is -2.83. The van der Waals surface area contributed by atoms with Crippen molar-refractivity contribution >= 4 is 38.3 Å². The van der Waals surface area contributed by atoms with Gasteiger partial charge in [0.15, 0.2) is 0 Å². The molecule has 0 saturated carbocycles. The molecule has 10 nitrogen and oxygen atoms in total. The summed E-state index contributed by atoms with van der Waals surface area (Å²) in [6.07, 6.45) is 0.898. The molecule has 1 aliphatic rings. The molecule has 2 heterocycles. The largest absolute Gasteiger partial charge is 0.478 e. The number of nitro benzene ring substituents is 1. The normalized spacial score (nSPS) is 16.4. The smallest absolute Gasteiger partial charge is 0.334 e. The Morgan fingerprint density at radius 3 is 2.79 bits per heavy atom. The maximum atomic E-state index is 12.0. The summed E-state index contributed by atoms with van der Waals surface area (Å²) in [6, 6.07) is 5.66. The average Bonchev–Trinajstić information content (AvgIpc) is 3.00. The summed E-state index contributed by atoms with van der Waals surface area (Å²) < 4.78 is 31.7. The van der Waals surface area contributed by atoms with Gasteiger partial charge in [-0.15, -0.1) is 0 Å². The number of hydrogen-bond donors (Lipinski definition) is 2. The second-order valence-electron chi connectivity index (χ2n) is 6.09. The fourth-order valence-corrected chi connectivity index (χ4v) is 4.23. The predicted octanol–water partition coefficient (Wildman–Crippen LogP) is 2.44. The quantitative estimate of drug-likeness (QED) is 0.404. The average molecular weight is 425 g/mol. The number of rotatable bonds is 6. The molecule has 1 aromatic carbocycles. The minimum Gasteiger partial charge on any atom is -0.478 e. The van der Waals surface area contributed by atoms with Gasteiger partial charge in [-0.3, -0.25) is 14.3 Å². The Bertz CT molecular complexity index is 1110. The number of hydrogen-bond acceptors (Lipinski definition) is 9. The lowest BCUT2D eigenvalue weighted by Gasteiger charge is -2.27. The molecule has 1 aliphatic heterocycles. The van der Waals surface area contributed by atoms with Crippen LogP contribution in [0.1, 0.15) is 29.7 Å². The number of allylic oxidation sites excluding steroid dienone is 1. The Morgan fingerprint density at radius 2 is 2.18 bits per heavy atom. The van der Waals surface area contributed by atoms with Gasteiger partial charge >= 0.3 is 5.97 Å². The van der Waals surface area contributed by atoms with Crippen molar-refractivity contribution in [3.05, 3.63) is 62.5 Å². The van der Waals surface area contributed by atoms with Crippen molar-refractivity contribution in [1.29, 1.82) is 0 Å². The third-order valence-electron chi connectivity index (χ3n) is 4.14. The van der Waals surface area contributed by atoms with Gasteiger partial charge in [0, 0.05) is 29.3 Å². The number of nitro groups is 1. The van der Waals surface area contributed by atoms with Crippen LogP contribution in [-0.2, 0) is 25.7 Å². The number of carboxylic acid groups (broad SMARTS) is 1. The molecule has 148 valence electrons. The van der Waals surface area contributed by atoms with Crippen molar-refractivity contribution in [1.82, 2.24) is 4.37 Å². The molecule has 0 fully saturated rings. The summed E-state index contributed by atoms with van der Waals surface area (Å²) in [4.78, 5) is 22.5. The number of aliphatic carboxylic acids is 1. The van der Waals surface area contributed by atoms with E-state index < -0.39 is 26.9 Å². The zero-order valence-electron chi connectivity index (χ0n) is 14.7. The number of benzene rings is 1. The molecular weight excluding hydrogens is 410 g/mol. The van der Waals surface area contributed by atoms with Gasteiger partial charge in [0.1, 0.15) is 11.6 Å². The highest BCUT2D eigenvalue weighted by Gasteiger charge is 2.36. The molecule has 1 aromatic heterocycles. The highest BCUT2D eigenvalue weighted by molar-refractivity contribution is 7.85. The van der Waals surface area contributed by atoms with E-state index in [2.05, 4.69) is 9.69 Å². The molecule has 2 aromatic rings. The zero-order valence-corrected chi connectivity index (χ0v) is 16.3. The Kier molecular flexibility index (Phi) is 5.19. The van der Waals surface area contributed by atoms with E-state index >= 15 is 0 Å². The maximum absolute atomic E-state index is 12.0. The number of fused-ring (bicyclic) bond motifs is 1. The second kappa shape index (κ2) is 7.30. The van der Waals surface area contributed by atoms with Gasteiger partial charge < -0.3 is 10.4 Å². The van der Waals surface area contributed by atoms with Crippen molar-refractivity contribution in [2.45, 2.75) is 19.4 Å². The van der Waals surface area contributed by atoms with Crippen LogP contribution in [0.5, 0.6) is 0 Å². The molecule has 1 unspecified atom stereocenters.